The minimum absolute atomic E-state index is 0.00780. The molecule has 0 aromatic rings. The first-order valence-electron chi connectivity index (χ1n) is 24.1. The fourth-order valence-corrected chi connectivity index (χ4v) is 6.68. The summed E-state index contributed by atoms with van der Waals surface area (Å²) in [4.78, 5) is 146. The first-order valence-corrected chi connectivity index (χ1v) is 24.1. The van der Waals surface area contributed by atoms with Crippen molar-refractivity contribution in [2.45, 2.75) is 86.1 Å². The smallest absolute Gasteiger partial charge is 0.248 e. The lowest BCUT2D eigenvalue weighted by atomic mass is 10.1. The molecule has 0 saturated carbocycles. The van der Waals surface area contributed by atoms with E-state index in [0.717, 1.165) is 9.80 Å². The molecule has 71 heavy (non-hydrogen) atoms. The molecule has 11 amide bonds. The fraction of sp³-hybridized carbons (Fsp3) is 0.756. The SMILES string of the molecule is CC(C)CC(=O)N(CCN)CC(=O)NCCN(CC(=O)NCCN(CC(=O)NCCN(CC(=O)NCCN(CC(=O)NC(CCCCN)C(N)=O)C(=O)CO)C(=O)CC(C)C)C(=O)CO)C(=O)CC(C)C. The van der Waals surface area contributed by atoms with Gasteiger partial charge in [-0.05, 0) is 43.6 Å². The van der Waals surface area contributed by atoms with Crippen LogP contribution in [0.25, 0.3) is 0 Å². The van der Waals surface area contributed by atoms with Crippen LogP contribution in [0.5, 0.6) is 0 Å². The van der Waals surface area contributed by atoms with Gasteiger partial charge in [0.1, 0.15) is 19.3 Å². The molecule has 26 heteroatoms. The van der Waals surface area contributed by atoms with E-state index in [1.54, 1.807) is 13.8 Å². The number of nitrogens with two attached hydrogens (primary N) is 3. The third-order valence-electron chi connectivity index (χ3n) is 10.3. The summed E-state index contributed by atoms with van der Waals surface area (Å²) in [6.07, 6.45) is 1.79. The van der Waals surface area contributed by atoms with Crippen molar-refractivity contribution in [3.63, 3.8) is 0 Å². The standard InChI is InChI=1S/C45H83N13O13/c1-31(2)21-40(66)54(16-11-47)24-35(61)49-12-17-55(41(67)22-32(3)4)25-36(62)51-14-19-57(43(69)29-59)27-38(64)50-13-18-56(42(68)23-33(5)6)26-37(63)52-15-20-58(44(70)30-60)28-39(65)53-34(45(48)71)9-7-8-10-46/h31-34,59-60H,7-30,46-47H2,1-6H3,(H2,48,71)(H,49,61)(H,50,64)(H,51,62)(H,52,63)(H,53,65). The maximum absolute atomic E-state index is 13.1. The molecule has 26 nitrogen and oxygen atoms in total. The molecule has 406 valence electrons. The number of carbonyl (C=O) groups excluding carboxylic acids is 11. The average Bonchev–Trinajstić information content (AvgIpc) is 3.28. The van der Waals surface area contributed by atoms with Gasteiger partial charge in [-0.15, -0.1) is 0 Å². The predicted molar refractivity (Wildman–Crippen MR) is 261 cm³/mol. The highest BCUT2D eigenvalue weighted by Gasteiger charge is 2.25. The lowest BCUT2D eigenvalue weighted by Crippen LogP contribution is -2.51. The highest BCUT2D eigenvalue weighted by Crippen LogP contribution is 2.07. The quantitative estimate of drug-likeness (QED) is 0.0259. The Bertz CT molecular complexity index is 1730. The van der Waals surface area contributed by atoms with E-state index in [4.69, 9.17) is 17.2 Å². The zero-order valence-corrected chi connectivity index (χ0v) is 42.6. The molecule has 0 heterocycles. The summed E-state index contributed by atoms with van der Waals surface area (Å²) >= 11 is 0. The van der Waals surface area contributed by atoms with Crippen LogP contribution < -0.4 is 43.8 Å². The Labute approximate surface area is 417 Å². The highest BCUT2D eigenvalue weighted by molar-refractivity contribution is 5.90. The van der Waals surface area contributed by atoms with E-state index in [-0.39, 0.29) is 134 Å². The summed E-state index contributed by atoms with van der Waals surface area (Å²) in [5, 5.41) is 31.9. The Hall–Kier alpha value is -5.99. The van der Waals surface area contributed by atoms with E-state index in [0.29, 0.717) is 19.4 Å². The number of nitrogens with one attached hydrogen (secondary N) is 5. The molecule has 0 aliphatic heterocycles. The zero-order valence-electron chi connectivity index (χ0n) is 42.6. The highest BCUT2D eigenvalue weighted by atomic mass is 16.3. The molecule has 13 N–H and O–H groups in total. The van der Waals surface area contributed by atoms with Crippen LogP contribution in [0, 0.1) is 17.8 Å². The maximum Gasteiger partial charge on any atom is 0.248 e. The minimum atomic E-state index is -1.00. The first-order chi connectivity index (χ1) is 33.5. The molecule has 1 unspecified atom stereocenters. The van der Waals surface area contributed by atoms with Crippen LogP contribution in [0.15, 0.2) is 0 Å². The van der Waals surface area contributed by atoms with Crippen molar-refractivity contribution in [2.75, 3.05) is 118 Å². The van der Waals surface area contributed by atoms with E-state index >= 15 is 0 Å². The van der Waals surface area contributed by atoms with Crippen LogP contribution in [-0.2, 0) is 52.7 Å². The van der Waals surface area contributed by atoms with Crippen LogP contribution >= 0.6 is 0 Å². The van der Waals surface area contributed by atoms with E-state index in [9.17, 15) is 63.0 Å². The van der Waals surface area contributed by atoms with Gasteiger partial charge in [0.2, 0.25) is 65.0 Å². The number of hydrogen-bond donors (Lipinski definition) is 10. The molecule has 1 atom stereocenters. The summed E-state index contributed by atoms with van der Waals surface area (Å²) in [6, 6.07) is -1.00. The van der Waals surface area contributed by atoms with Crippen LogP contribution in [0.4, 0.5) is 0 Å². The molecule has 0 aromatic carbocycles. The van der Waals surface area contributed by atoms with Crippen molar-refractivity contribution in [3.8, 4) is 0 Å². The molecule has 0 saturated heterocycles. The second-order valence-corrected chi connectivity index (χ2v) is 18.2. The van der Waals surface area contributed by atoms with E-state index in [1.807, 2.05) is 27.7 Å². The number of carbonyl (C=O) groups is 11. The largest absolute Gasteiger partial charge is 0.387 e. The lowest BCUT2D eigenvalue weighted by molar-refractivity contribution is -0.139. The van der Waals surface area contributed by atoms with Gasteiger partial charge in [-0.3, -0.25) is 52.7 Å². The molecule has 0 aromatic heterocycles. The second-order valence-electron chi connectivity index (χ2n) is 18.2. The molecule has 0 rings (SSSR count). The summed E-state index contributed by atoms with van der Waals surface area (Å²) in [6.45, 7) is 6.68. The number of nitrogens with zero attached hydrogens (tertiary/aromatic N) is 5. The topological polar surface area (TPSA) is 383 Å². The minimum Gasteiger partial charge on any atom is -0.387 e. The van der Waals surface area contributed by atoms with Gasteiger partial charge in [0, 0.05) is 84.7 Å². The van der Waals surface area contributed by atoms with Gasteiger partial charge in [0.25, 0.3) is 0 Å². The van der Waals surface area contributed by atoms with Gasteiger partial charge in [-0.2, -0.15) is 0 Å². The summed E-state index contributed by atoms with van der Waals surface area (Å²) < 4.78 is 0. The van der Waals surface area contributed by atoms with Crippen molar-refractivity contribution < 1.29 is 63.0 Å². The Kier molecular flexibility index (Phi) is 33.8. The monoisotopic (exact) mass is 1010 g/mol. The van der Waals surface area contributed by atoms with Crippen molar-refractivity contribution in [1.29, 1.82) is 0 Å². The third-order valence-corrected chi connectivity index (χ3v) is 10.3. The van der Waals surface area contributed by atoms with Gasteiger partial charge >= 0.3 is 0 Å². The van der Waals surface area contributed by atoms with Crippen molar-refractivity contribution in [3.05, 3.63) is 0 Å². The van der Waals surface area contributed by atoms with Gasteiger partial charge < -0.3 is 78.5 Å². The summed E-state index contributed by atoms with van der Waals surface area (Å²) in [5.41, 5.74) is 16.5. The molecule has 0 bridgehead atoms. The zero-order chi connectivity index (χ0) is 54.1. The second kappa shape index (κ2) is 36.9. The maximum atomic E-state index is 13.1. The van der Waals surface area contributed by atoms with Gasteiger partial charge in [-0.25, -0.2) is 0 Å². The summed E-state index contributed by atoms with van der Waals surface area (Å²) in [7, 11) is 0. The molecular weight excluding hydrogens is 931 g/mol. The number of amides is 11. The van der Waals surface area contributed by atoms with E-state index in [2.05, 4.69) is 26.6 Å². The number of aliphatic hydroxyl groups excluding tert-OH is 2. The molecule has 0 spiro atoms. The summed E-state index contributed by atoms with van der Waals surface area (Å²) in [5.74, 6) is -6.52. The Balaban J connectivity index is 5.42. The number of hydrogen-bond acceptors (Lipinski definition) is 15. The van der Waals surface area contributed by atoms with Crippen molar-refractivity contribution in [2.24, 2.45) is 35.0 Å². The van der Waals surface area contributed by atoms with Crippen molar-refractivity contribution >= 4 is 65.0 Å². The molecule has 0 aliphatic rings. The van der Waals surface area contributed by atoms with Gasteiger partial charge in [0.15, 0.2) is 0 Å². The number of rotatable bonds is 38. The van der Waals surface area contributed by atoms with Crippen molar-refractivity contribution in [1.82, 2.24) is 51.1 Å². The Morgan fingerprint density at radius 3 is 0.986 bits per heavy atom. The molecule has 0 radical (unpaired) electrons. The number of unbranched alkanes of at least 4 members (excludes halogenated alkanes) is 1. The lowest BCUT2D eigenvalue weighted by Gasteiger charge is -2.26. The van der Waals surface area contributed by atoms with Crippen LogP contribution in [0.3, 0.4) is 0 Å². The number of primary amides is 1. The normalized spacial score (nSPS) is 11.3. The predicted octanol–water partition coefficient (Wildman–Crippen LogP) is -5.23. The molecule has 0 fully saturated rings. The number of aliphatic hydroxyl groups is 2. The van der Waals surface area contributed by atoms with E-state index in [1.165, 1.54) is 14.7 Å². The first kappa shape index (κ1) is 65.0. The molecular formula is C45H83N13O13. The third kappa shape index (κ3) is 30.4. The average molecular weight is 1010 g/mol. The fourth-order valence-electron chi connectivity index (χ4n) is 6.68. The van der Waals surface area contributed by atoms with Crippen LogP contribution in [-0.4, -0.2) is 224 Å². The molecule has 0 aliphatic carbocycles. The van der Waals surface area contributed by atoms with Crippen LogP contribution in [0.1, 0.15) is 80.1 Å². The van der Waals surface area contributed by atoms with Gasteiger partial charge in [0.05, 0.1) is 32.7 Å². The van der Waals surface area contributed by atoms with Crippen LogP contribution in [0.2, 0.25) is 0 Å². The Morgan fingerprint density at radius 2 is 0.718 bits per heavy atom. The van der Waals surface area contributed by atoms with Gasteiger partial charge in [-0.1, -0.05) is 41.5 Å². The van der Waals surface area contributed by atoms with E-state index < -0.39 is 92.1 Å². The Morgan fingerprint density at radius 1 is 0.423 bits per heavy atom.